The van der Waals surface area contributed by atoms with Gasteiger partial charge in [-0.3, -0.25) is 14.4 Å². The van der Waals surface area contributed by atoms with Crippen LogP contribution < -0.4 is 0 Å². The molecule has 1 rings (SSSR count). The second-order valence-electron chi connectivity index (χ2n) is 4.13. The molecule has 0 aromatic heterocycles. The highest BCUT2D eigenvalue weighted by Gasteiger charge is 2.21. The van der Waals surface area contributed by atoms with Crippen LogP contribution in [-0.2, 0) is 14.4 Å². The molecule has 0 spiro atoms. The van der Waals surface area contributed by atoms with Crippen molar-refractivity contribution < 1.29 is 19.5 Å². The van der Waals surface area contributed by atoms with E-state index in [1.165, 1.54) is 6.92 Å². The predicted octanol–water partition coefficient (Wildman–Crippen LogP) is -0.0680. The maximum absolute atomic E-state index is 11.7. The van der Waals surface area contributed by atoms with Crippen LogP contribution in [0.3, 0.4) is 0 Å². The molecule has 0 aromatic rings. The second-order valence-corrected chi connectivity index (χ2v) is 4.13. The first-order valence-corrected chi connectivity index (χ1v) is 5.76. The van der Waals surface area contributed by atoms with Crippen LogP contribution in [0.15, 0.2) is 0 Å². The van der Waals surface area contributed by atoms with E-state index >= 15 is 0 Å². The molecular weight excluding hydrogens is 224 g/mol. The van der Waals surface area contributed by atoms with Gasteiger partial charge in [-0.15, -0.1) is 0 Å². The van der Waals surface area contributed by atoms with Gasteiger partial charge in [0, 0.05) is 45.9 Å². The summed E-state index contributed by atoms with van der Waals surface area (Å²) in [7, 11) is 0. The lowest BCUT2D eigenvalue weighted by atomic mass is 10.2. The van der Waals surface area contributed by atoms with Crippen LogP contribution in [0.25, 0.3) is 0 Å². The molecule has 0 bridgehead atoms. The van der Waals surface area contributed by atoms with Crippen LogP contribution in [0.2, 0.25) is 0 Å². The molecule has 17 heavy (non-hydrogen) atoms. The zero-order valence-corrected chi connectivity index (χ0v) is 10.0. The number of aliphatic carboxylic acids is 1. The Hall–Kier alpha value is -1.59. The van der Waals surface area contributed by atoms with Crippen molar-refractivity contribution in [3.63, 3.8) is 0 Å². The summed E-state index contributed by atoms with van der Waals surface area (Å²) in [6.45, 7) is 3.75. The monoisotopic (exact) mass is 242 g/mol. The molecule has 1 aliphatic rings. The van der Waals surface area contributed by atoms with Gasteiger partial charge >= 0.3 is 5.97 Å². The van der Waals surface area contributed by atoms with E-state index in [4.69, 9.17) is 5.11 Å². The van der Waals surface area contributed by atoms with Crippen molar-refractivity contribution in [3.8, 4) is 0 Å². The van der Waals surface area contributed by atoms with Crippen molar-refractivity contribution in [2.24, 2.45) is 0 Å². The maximum atomic E-state index is 11.7. The fourth-order valence-electron chi connectivity index (χ4n) is 1.82. The lowest BCUT2D eigenvalue weighted by Gasteiger charge is -2.34. The molecule has 0 unspecified atom stereocenters. The average Bonchev–Trinajstić information content (AvgIpc) is 2.28. The largest absolute Gasteiger partial charge is 0.481 e. The van der Waals surface area contributed by atoms with E-state index in [9.17, 15) is 14.4 Å². The number of carbonyl (C=O) groups is 3. The molecule has 1 heterocycles. The summed E-state index contributed by atoms with van der Waals surface area (Å²) in [6, 6.07) is 0. The number of nitrogens with zero attached hydrogens (tertiary/aromatic N) is 2. The van der Waals surface area contributed by atoms with Gasteiger partial charge in [-0.1, -0.05) is 0 Å². The van der Waals surface area contributed by atoms with Crippen molar-refractivity contribution in [3.05, 3.63) is 0 Å². The highest BCUT2D eigenvalue weighted by atomic mass is 16.4. The summed E-state index contributed by atoms with van der Waals surface area (Å²) in [4.78, 5) is 36.5. The van der Waals surface area contributed by atoms with Crippen LogP contribution in [0, 0.1) is 0 Å². The topological polar surface area (TPSA) is 77.9 Å². The number of hydrogen-bond donors (Lipinski definition) is 1. The Morgan fingerprint density at radius 1 is 1.00 bits per heavy atom. The van der Waals surface area contributed by atoms with Crippen LogP contribution in [0.4, 0.5) is 0 Å². The third-order valence-electron chi connectivity index (χ3n) is 2.86. The Morgan fingerprint density at radius 3 is 2.00 bits per heavy atom. The number of piperazine rings is 1. The quantitative estimate of drug-likeness (QED) is 0.748. The van der Waals surface area contributed by atoms with Gasteiger partial charge < -0.3 is 14.9 Å². The molecule has 6 nitrogen and oxygen atoms in total. The molecule has 1 saturated heterocycles. The summed E-state index contributed by atoms with van der Waals surface area (Å²) >= 11 is 0. The molecule has 6 heteroatoms. The van der Waals surface area contributed by atoms with E-state index in [0.29, 0.717) is 32.6 Å². The first kappa shape index (κ1) is 13.5. The fourth-order valence-corrected chi connectivity index (χ4v) is 1.82. The summed E-state index contributed by atoms with van der Waals surface area (Å²) in [5.74, 6) is -0.864. The third-order valence-corrected chi connectivity index (χ3v) is 2.86. The summed E-state index contributed by atoms with van der Waals surface area (Å²) in [5.41, 5.74) is 0. The van der Waals surface area contributed by atoms with Gasteiger partial charge in [-0.05, 0) is 6.42 Å². The van der Waals surface area contributed by atoms with Gasteiger partial charge in [-0.25, -0.2) is 0 Å². The molecule has 1 fully saturated rings. The fraction of sp³-hybridized carbons (Fsp3) is 0.727. The minimum atomic E-state index is -0.876. The summed E-state index contributed by atoms with van der Waals surface area (Å²) < 4.78 is 0. The van der Waals surface area contributed by atoms with E-state index in [-0.39, 0.29) is 24.7 Å². The minimum Gasteiger partial charge on any atom is -0.481 e. The standard InChI is InChI=1S/C11H18N2O4/c1-9(14)12-5-7-13(8-6-12)10(15)3-2-4-11(16)17/h2-8H2,1H3,(H,16,17). The summed E-state index contributed by atoms with van der Waals surface area (Å²) in [5, 5.41) is 8.46. The van der Waals surface area contributed by atoms with E-state index in [1.807, 2.05) is 0 Å². The molecule has 0 saturated carbocycles. The number of carbonyl (C=O) groups excluding carboxylic acids is 2. The van der Waals surface area contributed by atoms with Crippen LogP contribution >= 0.6 is 0 Å². The van der Waals surface area contributed by atoms with Crippen molar-refractivity contribution in [1.82, 2.24) is 9.80 Å². The Balaban J connectivity index is 2.26. The van der Waals surface area contributed by atoms with Crippen molar-refractivity contribution >= 4 is 17.8 Å². The number of hydrogen-bond acceptors (Lipinski definition) is 3. The Bertz CT molecular complexity index is 309. The molecule has 1 aliphatic heterocycles. The van der Waals surface area contributed by atoms with Crippen LogP contribution in [-0.4, -0.2) is 58.9 Å². The molecule has 0 aromatic carbocycles. The first-order valence-electron chi connectivity index (χ1n) is 5.76. The number of carboxylic acids is 1. The minimum absolute atomic E-state index is 0.0190. The summed E-state index contributed by atoms with van der Waals surface area (Å²) in [6.07, 6.45) is 0.673. The van der Waals surface area contributed by atoms with Crippen molar-refractivity contribution in [2.45, 2.75) is 26.2 Å². The third kappa shape index (κ3) is 4.42. The highest BCUT2D eigenvalue weighted by molar-refractivity contribution is 5.78. The van der Waals surface area contributed by atoms with E-state index in [1.54, 1.807) is 9.80 Å². The zero-order chi connectivity index (χ0) is 12.8. The van der Waals surface area contributed by atoms with Crippen LogP contribution in [0.5, 0.6) is 0 Å². The van der Waals surface area contributed by atoms with E-state index in [2.05, 4.69) is 0 Å². The first-order chi connectivity index (χ1) is 8.00. The van der Waals surface area contributed by atoms with Crippen molar-refractivity contribution in [2.75, 3.05) is 26.2 Å². The van der Waals surface area contributed by atoms with E-state index in [0.717, 1.165) is 0 Å². The maximum Gasteiger partial charge on any atom is 0.303 e. The molecule has 1 N–H and O–H groups in total. The molecule has 0 aliphatic carbocycles. The smallest absolute Gasteiger partial charge is 0.303 e. The van der Waals surface area contributed by atoms with Gasteiger partial charge in [0.05, 0.1) is 0 Å². The lowest BCUT2D eigenvalue weighted by Crippen LogP contribution is -2.50. The SMILES string of the molecule is CC(=O)N1CCN(C(=O)CCCC(=O)O)CC1. The Morgan fingerprint density at radius 2 is 1.53 bits per heavy atom. The Labute approximate surface area is 100 Å². The zero-order valence-electron chi connectivity index (χ0n) is 10.0. The van der Waals surface area contributed by atoms with Crippen LogP contribution in [0.1, 0.15) is 26.2 Å². The van der Waals surface area contributed by atoms with E-state index < -0.39 is 5.97 Å². The predicted molar refractivity (Wildman–Crippen MR) is 60.3 cm³/mol. The van der Waals surface area contributed by atoms with Crippen molar-refractivity contribution in [1.29, 1.82) is 0 Å². The molecule has 0 radical (unpaired) electrons. The van der Waals surface area contributed by atoms with Gasteiger partial charge in [0.1, 0.15) is 0 Å². The van der Waals surface area contributed by atoms with Gasteiger partial charge in [0.2, 0.25) is 11.8 Å². The molecule has 96 valence electrons. The normalized spacial score (nSPS) is 15.8. The number of amides is 2. The Kier molecular flexibility index (Phi) is 4.93. The highest BCUT2D eigenvalue weighted by Crippen LogP contribution is 2.06. The molecule has 2 amide bonds. The second kappa shape index (κ2) is 6.22. The van der Waals surface area contributed by atoms with Gasteiger partial charge in [0.15, 0.2) is 0 Å². The average molecular weight is 242 g/mol. The number of rotatable bonds is 4. The van der Waals surface area contributed by atoms with Gasteiger partial charge in [-0.2, -0.15) is 0 Å². The van der Waals surface area contributed by atoms with Gasteiger partial charge in [0.25, 0.3) is 0 Å². The lowest BCUT2D eigenvalue weighted by molar-refractivity contribution is -0.139. The number of carboxylic acid groups (broad SMARTS) is 1. The molecule has 0 atom stereocenters. The molecular formula is C11H18N2O4.